The third-order valence-electron chi connectivity index (χ3n) is 4.86. The van der Waals surface area contributed by atoms with Crippen molar-refractivity contribution in [3.8, 4) is 11.5 Å². The molecule has 2 aromatic carbocycles. The molecule has 27 heavy (non-hydrogen) atoms. The summed E-state index contributed by atoms with van der Waals surface area (Å²) in [5, 5.41) is 0.594. The number of nitrogens with two attached hydrogens (primary N) is 1. The highest BCUT2D eigenvalue weighted by atomic mass is 16.5. The molecule has 1 aliphatic heterocycles. The van der Waals surface area contributed by atoms with Crippen LogP contribution in [0.5, 0.6) is 11.5 Å². The lowest BCUT2D eigenvalue weighted by atomic mass is 10.0. The van der Waals surface area contributed by atoms with E-state index in [4.69, 9.17) is 20.2 Å². The number of allylic oxidation sites excluding steroid dienone is 1. The lowest BCUT2D eigenvalue weighted by Crippen LogP contribution is -2.27. The maximum atomic E-state index is 12.9. The van der Waals surface area contributed by atoms with Crippen molar-refractivity contribution in [2.75, 3.05) is 20.0 Å². The molecule has 1 aliphatic rings. The summed E-state index contributed by atoms with van der Waals surface area (Å²) in [6.45, 7) is 0.665. The molecular weight excluding hydrogens is 342 g/mol. The monoisotopic (exact) mass is 363 g/mol. The predicted octanol–water partition coefficient (Wildman–Crippen LogP) is 3.33. The van der Waals surface area contributed by atoms with Gasteiger partial charge in [-0.2, -0.15) is 0 Å². The average Bonchev–Trinajstić information content (AvgIpc) is 2.69. The van der Waals surface area contributed by atoms with Crippen LogP contribution in [0.1, 0.15) is 24.2 Å². The van der Waals surface area contributed by atoms with E-state index in [2.05, 4.69) is 0 Å². The van der Waals surface area contributed by atoms with E-state index in [1.807, 2.05) is 24.3 Å². The third kappa shape index (κ3) is 3.03. The lowest BCUT2D eigenvalue weighted by molar-refractivity contribution is 0.393. The maximum Gasteiger partial charge on any atom is 0.261 e. The average molecular weight is 363 g/mol. The van der Waals surface area contributed by atoms with E-state index in [9.17, 15) is 4.79 Å². The Hall–Kier alpha value is -3.28. The molecule has 0 saturated carbocycles. The number of benzene rings is 2. The van der Waals surface area contributed by atoms with Gasteiger partial charge >= 0.3 is 0 Å². The molecule has 1 aromatic heterocycles. The van der Waals surface area contributed by atoms with Gasteiger partial charge in [-0.15, -0.1) is 0 Å². The zero-order chi connectivity index (χ0) is 19.0. The first-order valence-electron chi connectivity index (χ1n) is 8.84. The molecule has 0 atom stereocenters. The van der Waals surface area contributed by atoms with Crippen molar-refractivity contribution in [3.05, 3.63) is 58.1 Å². The standard InChI is InChI=1S/C21H21N3O3/c1-26-16-7-5-13(19(12-16)27-2)10-14-4-3-9-24-20(14)23-18-11-15(22)6-8-17(18)21(24)25/h5-8,10-12H,3-4,9,22H2,1-2H3. The molecule has 0 saturated heterocycles. The smallest absolute Gasteiger partial charge is 0.261 e. The highest BCUT2D eigenvalue weighted by Crippen LogP contribution is 2.32. The van der Waals surface area contributed by atoms with Gasteiger partial charge in [-0.25, -0.2) is 4.98 Å². The number of ether oxygens (including phenoxy) is 2. The number of hydrogen-bond donors (Lipinski definition) is 1. The molecule has 2 N–H and O–H groups in total. The van der Waals surface area contributed by atoms with Crippen LogP contribution >= 0.6 is 0 Å². The largest absolute Gasteiger partial charge is 0.497 e. The summed E-state index contributed by atoms with van der Waals surface area (Å²) >= 11 is 0. The Bertz CT molecular complexity index is 1120. The van der Waals surface area contributed by atoms with Gasteiger partial charge in [0.2, 0.25) is 0 Å². The van der Waals surface area contributed by atoms with Crippen LogP contribution in [0.15, 0.2) is 41.2 Å². The first kappa shape index (κ1) is 17.1. The number of nitrogen functional groups attached to an aromatic ring is 1. The molecule has 0 radical (unpaired) electrons. The normalized spacial score (nSPS) is 15.0. The number of hydrogen-bond acceptors (Lipinski definition) is 5. The molecule has 138 valence electrons. The van der Waals surface area contributed by atoms with Gasteiger partial charge in [-0.3, -0.25) is 9.36 Å². The summed E-state index contributed by atoms with van der Waals surface area (Å²) in [5.74, 6) is 2.14. The molecule has 3 aromatic rings. The fourth-order valence-corrected chi connectivity index (χ4v) is 3.49. The topological polar surface area (TPSA) is 79.4 Å². The zero-order valence-electron chi connectivity index (χ0n) is 15.4. The Labute approximate surface area is 156 Å². The SMILES string of the molecule is COc1ccc(C=C2CCCn3c2nc2cc(N)ccc2c3=O)c(OC)c1. The van der Waals surface area contributed by atoms with Crippen molar-refractivity contribution >= 4 is 28.2 Å². The third-order valence-corrected chi connectivity index (χ3v) is 4.86. The number of aromatic nitrogens is 2. The molecule has 0 spiro atoms. The number of rotatable bonds is 3. The maximum absolute atomic E-state index is 12.9. The highest BCUT2D eigenvalue weighted by Gasteiger charge is 2.19. The van der Waals surface area contributed by atoms with Crippen molar-refractivity contribution in [2.45, 2.75) is 19.4 Å². The summed E-state index contributed by atoms with van der Waals surface area (Å²) in [7, 11) is 3.25. The molecule has 6 nitrogen and oxygen atoms in total. The van der Waals surface area contributed by atoms with Gasteiger partial charge in [-0.05, 0) is 54.8 Å². The minimum atomic E-state index is -0.0257. The van der Waals surface area contributed by atoms with Crippen LogP contribution in [0, 0.1) is 0 Å². The van der Waals surface area contributed by atoms with E-state index in [-0.39, 0.29) is 5.56 Å². The fraction of sp³-hybridized carbons (Fsp3) is 0.238. The first-order chi connectivity index (χ1) is 13.1. The minimum absolute atomic E-state index is 0.0257. The number of fused-ring (bicyclic) bond motifs is 2. The minimum Gasteiger partial charge on any atom is -0.497 e. The van der Waals surface area contributed by atoms with Crippen molar-refractivity contribution in [1.82, 2.24) is 9.55 Å². The fourth-order valence-electron chi connectivity index (χ4n) is 3.49. The van der Waals surface area contributed by atoms with Gasteiger partial charge < -0.3 is 15.2 Å². The molecule has 0 fully saturated rings. The summed E-state index contributed by atoms with van der Waals surface area (Å²) in [6.07, 6.45) is 3.77. The lowest BCUT2D eigenvalue weighted by Gasteiger charge is -2.21. The Balaban J connectivity index is 1.90. The van der Waals surface area contributed by atoms with Gasteiger partial charge in [0.25, 0.3) is 5.56 Å². The van der Waals surface area contributed by atoms with E-state index in [1.165, 1.54) is 0 Å². The summed E-state index contributed by atoms with van der Waals surface area (Å²) < 4.78 is 12.5. The van der Waals surface area contributed by atoms with E-state index >= 15 is 0 Å². The van der Waals surface area contributed by atoms with Gasteiger partial charge in [0.15, 0.2) is 0 Å². The van der Waals surface area contributed by atoms with E-state index in [0.717, 1.165) is 29.7 Å². The van der Waals surface area contributed by atoms with E-state index < -0.39 is 0 Å². The molecular formula is C21H21N3O3. The van der Waals surface area contributed by atoms with Crippen LogP contribution in [-0.4, -0.2) is 23.8 Å². The molecule has 0 aliphatic carbocycles. The Kier molecular flexibility index (Phi) is 4.32. The highest BCUT2D eigenvalue weighted by molar-refractivity contribution is 5.86. The van der Waals surface area contributed by atoms with Crippen LogP contribution in [0.25, 0.3) is 22.6 Å². The molecule has 0 unspecified atom stereocenters. The molecule has 2 heterocycles. The quantitative estimate of drug-likeness (QED) is 0.722. The Morgan fingerprint density at radius 1 is 1.15 bits per heavy atom. The van der Waals surface area contributed by atoms with Crippen LogP contribution in [-0.2, 0) is 6.54 Å². The van der Waals surface area contributed by atoms with Crippen molar-refractivity contribution in [2.24, 2.45) is 0 Å². The Morgan fingerprint density at radius 2 is 2.00 bits per heavy atom. The molecule has 0 bridgehead atoms. The van der Waals surface area contributed by atoms with Crippen LogP contribution in [0.3, 0.4) is 0 Å². The molecule has 6 heteroatoms. The van der Waals surface area contributed by atoms with Gasteiger partial charge in [0.05, 0.1) is 25.1 Å². The zero-order valence-corrected chi connectivity index (χ0v) is 15.4. The summed E-state index contributed by atoms with van der Waals surface area (Å²) in [6, 6.07) is 10.9. The second kappa shape index (κ2) is 6.79. The van der Waals surface area contributed by atoms with E-state index in [1.54, 1.807) is 37.0 Å². The number of anilines is 1. The van der Waals surface area contributed by atoms with Crippen molar-refractivity contribution in [1.29, 1.82) is 0 Å². The van der Waals surface area contributed by atoms with Crippen LogP contribution in [0.4, 0.5) is 5.69 Å². The second-order valence-corrected chi connectivity index (χ2v) is 6.55. The predicted molar refractivity (Wildman–Crippen MR) is 107 cm³/mol. The summed E-state index contributed by atoms with van der Waals surface area (Å²) in [4.78, 5) is 17.7. The van der Waals surface area contributed by atoms with Crippen LogP contribution in [0.2, 0.25) is 0 Å². The van der Waals surface area contributed by atoms with Crippen molar-refractivity contribution < 1.29 is 9.47 Å². The second-order valence-electron chi connectivity index (χ2n) is 6.55. The number of nitrogens with zero attached hydrogens (tertiary/aromatic N) is 2. The van der Waals surface area contributed by atoms with Gasteiger partial charge in [0.1, 0.15) is 17.3 Å². The van der Waals surface area contributed by atoms with E-state index in [0.29, 0.717) is 34.7 Å². The number of methoxy groups -OCH3 is 2. The molecule has 4 rings (SSSR count). The van der Waals surface area contributed by atoms with Gasteiger partial charge in [0, 0.05) is 23.9 Å². The first-order valence-corrected chi connectivity index (χ1v) is 8.84. The van der Waals surface area contributed by atoms with Gasteiger partial charge in [-0.1, -0.05) is 0 Å². The van der Waals surface area contributed by atoms with Crippen LogP contribution < -0.4 is 20.8 Å². The van der Waals surface area contributed by atoms with Crippen molar-refractivity contribution in [3.63, 3.8) is 0 Å². The molecule has 0 amide bonds. The summed E-state index contributed by atoms with van der Waals surface area (Å²) in [5.41, 5.74) is 9.00. The Morgan fingerprint density at radius 3 is 2.78 bits per heavy atom.